The van der Waals surface area contributed by atoms with Crippen LogP contribution in [0, 0.1) is 5.92 Å². The number of hydrogen-bond donors (Lipinski definition) is 1. The number of hydrogen-bond acceptors (Lipinski definition) is 4. The van der Waals surface area contributed by atoms with Gasteiger partial charge in [-0.3, -0.25) is 4.90 Å². The molecule has 0 aromatic heterocycles. The minimum Gasteiger partial charge on any atom is -0.496 e. The second kappa shape index (κ2) is 11.4. The van der Waals surface area contributed by atoms with Crippen molar-refractivity contribution in [3.63, 3.8) is 0 Å². The van der Waals surface area contributed by atoms with E-state index in [2.05, 4.69) is 42.3 Å². The lowest BCUT2D eigenvalue weighted by Gasteiger charge is -2.41. The summed E-state index contributed by atoms with van der Waals surface area (Å²) in [6.07, 6.45) is 2.29. The molecule has 1 aromatic rings. The van der Waals surface area contributed by atoms with Gasteiger partial charge in [-0.05, 0) is 36.3 Å². The summed E-state index contributed by atoms with van der Waals surface area (Å²) in [5.74, 6) is 2.22. The summed E-state index contributed by atoms with van der Waals surface area (Å²) >= 11 is 0. The topological polar surface area (TPSA) is 33.7 Å². The summed E-state index contributed by atoms with van der Waals surface area (Å²) in [5.41, 5.74) is 2.77. The van der Waals surface area contributed by atoms with E-state index in [1.807, 2.05) is 0 Å². The van der Waals surface area contributed by atoms with E-state index in [9.17, 15) is 0 Å². The average Bonchev–Trinajstić information content (AvgIpc) is 2.63. The van der Waals surface area contributed by atoms with Crippen LogP contribution in [0.1, 0.15) is 49.8 Å². The van der Waals surface area contributed by atoms with E-state index in [1.54, 1.807) is 7.11 Å². The Balaban J connectivity index is 0.00000169. The first-order chi connectivity index (χ1) is 11.7. The Hall–Kier alpha value is -0.520. The molecular formula is C20H34Cl2N2O2. The van der Waals surface area contributed by atoms with Crippen molar-refractivity contribution in [3.8, 4) is 5.75 Å². The van der Waals surface area contributed by atoms with Crippen LogP contribution < -0.4 is 10.1 Å². The molecule has 0 spiro atoms. The molecule has 1 N–H and O–H groups in total. The van der Waals surface area contributed by atoms with Crippen molar-refractivity contribution in [3.05, 3.63) is 29.3 Å². The zero-order valence-corrected chi connectivity index (χ0v) is 17.8. The van der Waals surface area contributed by atoms with Gasteiger partial charge >= 0.3 is 0 Å². The third-order valence-corrected chi connectivity index (χ3v) is 5.50. The first kappa shape index (κ1) is 23.5. The van der Waals surface area contributed by atoms with Gasteiger partial charge in [0.2, 0.25) is 0 Å². The number of nitrogens with zero attached hydrogens (tertiary/aromatic N) is 1. The standard InChI is InChI=1S/C20H32N2O2.2ClH/c1-15(2)17-4-5-19(23-3)18(14-17)20(16-6-12-24-13-7-16)22-10-8-21-9-11-22;;/h4-5,14-16,20-21H,6-13H2,1-3H3;2*1H/t20-;;/m1../s1. The quantitative estimate of drug-likeness (QED) is 0.802. The fraction of sp³-hybridized carbons (Fsp3) is 0.700. The molecule has 0 unspecified atom stereocenters. The molecule has 0 saturated carbocycles. The van der Waals surface area contributed by atoms with Crippen LogP contribution in [-0.4, -0.2) is 51.4 Å². The molecule has 0 aliphatic carbocycles. The predicted octanol–water partition coefficient (Wildman–Crippen LogP) is 4.04. The number of rotatable bonds is 5. The lowest BCUT2D eigenvalue weighted by Crippen LogP contribution is -2.47. The molecule has 0 bridgehead atoms. The highest BCUT2D eigenvalue weighted by molar-refractivity contribution is 5.85. The van der Waals surface area contributed by atoms with Crippen molar-refractivity contribution in [1.29, 1.82) is 0 Å². The van der Waals surface area contributed by atoms with Crippen LogP contribution in [-0.2, 0) is 4.74 Å². The summed E-state index contributed by atoms with van der Waals surface area (Å²) in [6.45, 7) is 10.7. The summed E-state index contributed by atoms with van der Waals surface area (Å²) in [5, 5.41) is 3.48. The first-order valence-corrected chi connectivity index (χ1v) is 9.41. The second-order valence-corrected chi connectivity index (χ2v) is 7.34. The van der Waals surface area contributed by atoms with Gasteiger partial charge in [-0.1, -0.05) is 26.0 Å². The molecule has 2 heterocycles. The normalized spacial score (nSPS) is 20.2. The van der Waals surface area contributed by atoms with Crippen molar-refractivity contribution in [2.24, 2.45) is 5.92 Å². The molecule has 150 valence electrons. The molecule has 1 atom stereocenters. The molecule has 3 rings (SSSR count). The van der Waals surface area contributed by atoms with Crippen molar-refractivity contribution >= 4 is 24.8 Å². The molecular weight excluding hydrogens is 371 g/mol. The van der Waals surface area contributed by atoms with Gasteiger partial charge < -0.3 is 14.8 Å². The van der Waals surface area contributed by atoms with Crippen LogP contribution in [0.3, 0.4) is 0 Å². The van der Waals surface area contributed by atoms with Crippen LogP contribution in [0.2, 0.25) is 0 Å². The van der Waals surface area contributed by atoms with Crippen molar-refractivity contribution in [2.45, 2.75) is 38.6 Å². The van der Waals surface area contributed by atoms with Crippen LogP contribution in [0.15, 0.2) is 18.2 Å². The second-order valence-electron chi connectivity index (χ2n) is 7.34. The third-order valence-electron chi connectivity index (χ3n) is 5.50. The fourth-order valence-electron chi connectivity index (χ4n) is 4.08. The van der Waals surface area contributed by atoms with Gasteiger partial charge in [0.05, 0.1) is 7.11 Å². The Morgan fingerprint density at radius 2 is 1.77 bits per heavy atom. The Kier molecular flexibility index (Phi) is 10.3. The molecule has 2 fully saturated rings. The summed E-state index contributed by atoms with van der Waals surface area (Å²) < 4.78 is 11.4. The smallest absolute Gasteiger partial charge is 0.123 e. The monoisotopic (exact) mass is 404 g/mol. The highest BCUT2D eigenvalue weighted by Crippen LogP contribution is 2.40. The highest BCUT2D eigenvalue weighted by atomic mass is 35.5. The lowest BCUT2D eigenvalue weighted by atomic mass is 9.84. The van der Waals surface area contributed by atoms with Gasteiger partial charge in [0.1, 0.15) is 5.75 Å². The molecule has 0 radical (unpaired) electrons. The van der Waals surface area contributed by atoms with Crippen molar-refractivity contribution in [1.82, 2.24) is 10.2 Å². The number of methoxy groups -OCH3 is 1. The number of ether oxygens (including phenoxy) is 2. The maximum absolute atomic E-state index is 5.77. The molecule has 2 aliphatic heterocycles. The zero-order chi connectivity index (χ0) is 16.9. The van der Waals surface area contributed by atoms with Crippen molar-refractivity contribution < 1.29 is 9.47 Å². The van der Waals surface area contributed by atoms with E-state index in [1.165, 1.54) is 11.1 Å². The van der Waals surface area contributed by atoms with Gasteiger partial charge in [-0.25, -0.2) is 0 Å². The van der Waals surface area contributed by atoms with E-state index in [0.717, 1.165) is 58.0 Å². The van der Waals surface area contributed by atoms with Crippen LogP contribution in [0.25, 0.3) is 0 Å². The van der Waals surface area contributed by atoms with Gasteiger partial charge in [0.15, 0.2) is 0 Å². The SMILES string of the molecule is COc1ccc(C(C)C)cc1[C@@H](C1CCOCC1)N1CCNCC1.Cl.Cl. The summed E-state index contributed by atoms with van der Waals surface area (Å²) in [6, 6.07) is 7.21. The number of piperazine rings is 1. The van der Waals surface area contributed by atoms with Gasteiger partial charge in [0, 0.05) is 51.0 Å². The third kappa shape index (κ3) is 5.49. The summed E-state index contributed by atoms with van der Waals surface area (Å²) in [7, 11) is 1.80. The lowest BCUT2D eigenvalue weighted by molar-refractivity contribution is 0.0206. The molecule has 6 heteroatoms. The Labute approximate surface area is 170 Å². The Morgan fingerprint density at radius 1 is 1.12 bits per heavy atom. The maximum atomic E-state index is 5.77. The molecule has 0 amide bonds. The number of benzene rings is 1. The predicted molar refractivity (Wildman–Crippen MR) is 112 cm³/mol. The van der Waals surface area contributed by atoms with Crippen LogP contribution in [0.5, 0.6) is 5.75 Å². The van der Waals surface area contributed by atoms with E-state index in [-0.39, 0.29) is 24.8 Å². The fourth-order valence-corrected chi connectivity index (χ4v) is 4.08. The Bertz CT molecular complexity index is 513. The molecule has 2 aliphatic rings. The molecule has 4 nitrogen and oxygen atoms in total. The first-order valence-electron chi connectivity index (χ1n) is 9.41. The van der Waals surface area contributed by atoms with Gasteiger partial charge in [0.25, 0.3) is 0 Å². The molecule has 1 aromatic carbocycles. The van der Waals surface area contributed by atoms with E-state index in [4.69, 9.17) is 9.47 Å². The van der Waals surface area contributed by atoms with Gasteiger partial charge in [-0.2, -0.15) is 0 Å². The zero-order valence-electron chi connectivity index (χ0n) is 16.2. The largest absolute Gasteiger partial charge is 0.496 e. The van der Waals surface area contributed by atoms with Crippen LogP contribution >= 0.6 is 24.8 Å². The number of nitrogens with one attached hydrogen (secondary N) is 1. The highest BCUT2D eigenvalue weighted by Gasteiger charge is 2.33. The van der Waals surface area contributed by atoms with Crippen LogP contribution in [0.4, 0.5) is 0 Å². The molecule has 26 heavy (non-hydrogen) atoms. The van der Waals surface area contributed by atoms with E-state index < -0.39 is 0 Å². The number of halogens is 2. The van der Waals surface area contributed by atoms with E-state index >= 15 is 0 Å². The average molecular weight is 405 g/mol. The van der Waals surface area contributed by atoms with Crippen molar-refractivity contribution in [2.75, 3.05) is 46.5 Å². The van der Waals surface area contributed by atoms with E-state index in [0.29, 0.717) is 17.9 Å². The minimum atomic E-state index is 0. The summed E-state index contributed by atoms with van der Waals surface area (Å²) in [4.78, 5) is 2.66. The minimum absolute atomic E-state index is 0. The molecule has 2 saturated heterocycles. The van der Waals surface area contributed by atoms with Gasteiger partial charge in [-0.15, -0.1) is 24.8 Å². The Morgan fingerprint density at radius 3 is 2.35 bits per heavy atom. The maximum Gasteiger partial charge on any atom is 0.123 e.